The maximum absolute atomic E-state index is 11.6. The fourth-order valence-corrected chi connectivity index (χ4v) is 1.46. The quantitative estimate of drug-likeness (QED) is 0.570. The summed E-state index contributed by atoms with van der Waals surface area (Å²) in [6, 6.07) is -0.261. The maximum atomic E-state index is 11.6. The van der Waals surface area contributed by atoms with Gasteiger partial charge in [0, 0.05) is 49.1 Å². The van der Waals surface area contributed by atoms with Crippen molar-refractivity contribution in [2.45, 2.75) is 31.6 Å². The second-order valence-electron chi connectivity index (χ2n) is 4.08. The molecule has 0 saturated heterocycles. The van der Waals surface area contributed by atoms with Gasteiger partial charge in [-0.1, -0.05) is 0 Å². The Kier molecular flexibility index (Phi) is 9.30. The molecule has 0 fully saturated rings. The van der Waals surface area contributed by atoms with E-state index in [9.17, 15) is 9.00 Å². The minimum Gasteiger partial charge on any atom is -0.385 e. The first kappa shape index (κ1) is 16.5. The van der Waals surface area contributed by atoms with Crippen LogP contribution in [0, 0.1) is 0 Å². The molecular formula is C11H24N2O3S. The first-order valence-corrected chi connectivity index (χ1v) is 7.43. The fourth-order valence-electron chi connectivity index (χ4n) is 1.13. The molecule has 0 heterocycles. The lowest BCUT2D eigenvalue weighted by Gasteiger charge is -2.16. The third-order valence-electron chi connectivity index (χ3n) is 2.50. The Bertz CT molecular complexity index is 249. The summed E-state index contributed by atoms with van der Waals surface area (Å²) >= 11 is 0. The zero-order valence-electron chi connectivity index (χ0n) is 11.1. The van der Waals surface area contributed by atoms with Crippen LogP contribution in [0.5, 0.6) is 0 Å². The Morgan fingerprint density at radius 3 is 2.59 bits per heavy atom. The molecule has 102 valence electrons. The SMILES string of the molecule is COCCCNC(=O)C(C)NCC(C)S(C)=O. The number of carbonyl (C=O) groups is 1. The molecule has 0 rings (SSSR count). The first-order chi connectivity index (χ1) is 7.99. The zero-order chi connectivity index (χ0) is 13.3. The summed E-state index contributed by atoms with van der Waals surface area (Å²) in [5.41, 5.74) is 0. The van der Waals surface area contributed by atoms with E-state index in [-0.39, 0.29) is 17.2 Å². The number of methoxy groups -OCH3 is 1. The summed E-state index contributed by atoms with van der Waals surface area (Å²) in [6.45, 7) is 5.54. The summed E-state index contributed by atoms with van der Waals surface area (Å²) in [4.78, 5) is 11.6. The Hall–Kier alpha value is -0.460. The Morgan fingerprint density at radius 2 is 2.06 bits per heavy atom. The van der Waals surface area contributed by atoms with Gasteiger partial charge in [-0.3, -0.25) is 9.00 Å². The minimum absolute atomic E-state index is 0.0322. The van der Waals surface area contributed by atoms with E-state index in [4.69, 9.17) is 4.74 Å². The highest BCUT2D eigenvalue weighted by atomic mass is 32.2. The van der Waals surface area contributed by atoms with Gasteiger partial charge in [-0.25, -0.2) is 0 Å². The Balaban J connectivity index is 3.70. The highest BCUT2D eigenvalue weighted by molar-refractivity contribution is 7.84. The van der Waals surface area contributed by atoms with Crippen molar-refractivity contribution in [1.82, 2.24) is 10.6 Å². The predicted octanol–water partition coefficient (Wildman–Crippen LogP) is -0.116. The van der Waals surface area contributed by atoms with Gasteiger partial charge in [-0.2, -0.15) is 0 Å². The lowest BCUT2D eigenvalue weighted by molar-refractivity contribution is -0.122. The first-order valence-electron chi connectivity index (χ1n) is 5.81. The van der Waals surface area contributed by atoms with Gasteiger partial charge in [-0.15, -0.1) is 0 Å². The van der Waals surface area contributed by atoms with Crippen molar-refractivity contribution in [2.24, 2.45) is 0 Å². The number of amides is 1. The van der Waals surface area contributed by atoms with Crippen molar-refractivity contribution in [1.29, 1.82) is 0 Å². The third kappa shape index (κ3) is 8.29. The van der Waals surface area contributed by atoms with Crippen LogP contribution in [0.25, 0.3) is 0 Å². The third-order valence-corrected chi connectivity index (χ3v) is 3.80. The molecule has 3 atom stereocenters. The van der Waals surface area contributed by atoms with Crippen molar-refractivity contribution in [3.63, 3.8) is 0 Å². The summed E-state index contributed by atoms with van der Waals surface area (Å²) in [5, 5.41) is 5.94. The monoisotopic (exact) mass is 264 g/mol. The Morgan fingerprint density at radius 1 is 1.41 bits per heavy atom. The van der Waals surface area contributed by atoms with E-state index >= 15 is 0 Å². The van der Waals surface area contributed by atoms with Crippen LogP contribution < -0.4 is 10.6 Å². The largest absolute Gasteiger partial charge is 0.385 e. The molecule has 0 aliphatic carbocycles. The predicted molar refractivity (Wildman–Crippen MR) is 70.5 cm³/mol. The van der Waals surface area contributed by atoms with E-state index in [0.29, 0.717) is 19.7 Å². The van der Waals surface area contributed by atoms with Gasteiger partial charge >= 0.3 is 0 Å². The van der Waals surface area contributed by atoms with Gasteiger partial charge in [-0.05, 0) is 20.3 Å². The van der Waals surface area contributed by atoms with Crippen LogP contribution in [0.15, 0.2) is 0 Å². The molecule has 0 spiro atoms. The standard InChI is InChI=1S/C11H24N2O3S/c1-9(17(4)15)8-13-10(2)11(14)12-6-5-7-16-3/h9-10,13H,5-8H2,1-4H3,(H,12,14). The molecule has 6 heteroatoms. The molecule has 3 unspecified atom stereocenters. The molecule has 17 heavy (non-hydrogen) atoms. The van der Waals surface area contributed by atoms with Crippen LogP contribution in [0.3, 0.4) is 0 Å². The molecule has 0 aliphatic rings. The molecular weight excluding hydrogens is 240 g/mol. The molecule has 0 radical (unpaired) electrons. The van der Waals surface area contributed by atoms with Crippen LogP contribution in [0.4, 0.5) is 0 Å². The lowest BCUT2D eigenvalue weighted by atomic mass is 10.3. The average Bonchev–Trinajstić information content (AvgIpc) is 2.30. The van der Waals surface area contributed by atoms with Crippen LogP contribution in [-0.2, 0) is 20.3 Å². The average molecular weight is 264 g/mol. The van der Waals surface area contributed by atoms with Crippen LogP contribution in [0.1, 0.15) is 20.3 Å². The number of carbonyl (C=O) groups excluding carboxylic acids is 1. The van der Waals surface area contributed by atoms with Gasteiger partial charge < -0.3 is 15.4 Å². The normalized spacial score (nSPS) is 16.2. The second-order valence-corrected chi connectivity index (χ2v) is 5.88. The molecule has 1 amide bonds. The number of ether oxygens (including phenoxy) is 1. The highest BCUT2D eigenvalue weighted by Gasteiger charge is 2.13. The van der Waals surface area contributed by atoms with Crippen LogP contribution in [-0.4, -0.2) is 54.5 Å². The van der Waals surface area contributed by atoms with E-state index < -0.39 is 10.8 Å². The summed E-state index contributed by atoms with van der Waals surface area (Å²) in [6.07, 6.45) is 2.48. The van der Waals surface area contributed by atoms with Crippen molar-refractivity contribution < 1.29 is 13.7 Å². The van der Waals surface area contributed by atoms with Gasteiger partial charge in [0.05, 0.1) is 6.04 Å². The van der Waals surface area contributed by atoms with E-state index in [1.165, 1.54) is 0 Å². The van der Waals surface area contributed by atoms with Gasteiger partial charge in [0.15, 0.2) is 0 Å². The molecule has 2 N–H and O–H groups in total. The van der Waals surface area contributed by atoms with Crippen molar-refractivity contribution in [2.75, 3.05) is 33.1 Å². The molecule has 0 aliphatic heterocycles. The smallest absolute Gasteiger partial charge is 0.236 e. The van der Waals surface area contributed by atoms with Crippen LogP contribution in [0.2, 0.25) is 0 Å². The highest BCUT2D eigenvalue weighted by Crippen LogP contribution is 1.92. The molecule has 5 nitrogen and oxygen atoms in total. The van der Waals surface area contributed by atoms with E-state index in [0.717, 1.165) is 6.42 Å². The number of nitrogens with one attached hydrogen (secondary N) is 2. The number of rotatable bonds is 9. The van der Waals surface area contributed by atoms with Crippen molar-refractivity contribution in [3.8, 4) is 0 Å². The maximum Gasteiger partial charge on any atom is 0.236 e. The molecule has 0 bridgehead atoms. The number of hydrogen-bond acceptors (Lipinski definition) is 4. The molecule has 0 saturated carbocycles. The fraction of sp³-hybridized carbons (Fsp3) is 0.909. The molecule has 0 aromatic rings. The summed E-state index contributed by atoms with van der Waals surface area (Å²) in [5.74, 6) is -0.0322. The van der Waals surface area contributed by atoms with Crippen molar-refractivity contribution in [3.05, 3.63) is 0 Å². The molecule has 0 aromatic carbocycles. The van der Waals surface area contributed by atoms with E-state index in [2.05, 4.69) is 10.6 Å². The second kappa shape index (κ2) is 9.56. The van der Waals surface area contributed by atoms with Gasteiger partial charge in [0.2, 0.25) is 5.91 Å². The van der Waals surface area contributed by atoms with Crippen molar-refractivity contribution >= 4 is 16.7 Å². The van der Waals surface area contributed by atoms with E-state index in [1.54, 1.807) is 20.3 Å². The zero-order valence-corrected chi connectivity index (χ0v) is 11.9. The molecule has 0 aromatic heterocycles. The summed E-state index contributed by atoms with van der Waals surface area (Å²) < 4.78 is 16.0. The Labute approximate surface area is 106 Å². The minimum atomic E-state index is -0.859. The summed E-state index contributed by atoms with van der Waals surface area (Å²) in [7, 11) is 0.778. The number of hydrogen-bond donors (Lipinski definition) is 2. The van der Waals surface area contributed by atoms with Gasteiger partial charge in [0.25, 0.3) is 0 Å². The van der Waals surface area contributed by atoms with Gasteiger partial charge in [0.1, 0.15) is 0 Å². The lowest BCUT2D eigenvalue weighted by Crippen LogP contribution is -2.45. The van der Waals surface area contributed by atoms with Crippen LogP contribution >= 0.6 is 0 Å². The van der Waals surface area contributed by atoms with E-state index in [1.807, 2.05) is 6.92 Å². The topological polar surface area (TPSA) is 67.4 Å².